The lowest BCUT2D eigenvalue weighted by molar-refractivity contribution is 0.553. The summed E-state index contributed by atoms with van der Waals surface area (Å²) in [5, 5.41) is 3.54. The number of hydrogen-bond donors (Lipinski definition) is 1. The predicted molar refractivity (Wildman–Crippen MR) is 69.9 cm³/mol. The average molecular weight is 217 g/mol. The quantitative estimate of drug-likeness (QED) is 0.719. The summed E-state index contributed by atoms with van der Waals surface area (Å²) in [7, 11) is 0. The van der Waals surface area contributed by atoms with Crippen LogP contribution in [-0.4, -0.2) is 13.1 Å². The Bertz CT molecular complexity index is 319. The van der Waals surface area contributed by atoms with Crippen molar-refractivity contribution in [3.05, 3.63) is 35.4 Å². The van der Waals surface area contributed by atoms with Crippen LogP contribution in [0.25, 0.3) is 0 Å². The maximum atomic E-state index is 3.54. The highest BCUT2D eigenvalue weighted by Crippen LogP contribution is 2.34. The van der Waals surface area contributed by atoms with E-state index in [1.165, 1.54) is 45.2 Å². The van der Waals surface area contributed by atoms with Crippen molar-refractivity contribution in [2.75, 3.05) is 13.1 Å². The smallest absolute Gasteiger partial charge is 0.00431 e. The molecule has 0 heterocycles. The van der Waals surface area contributed by atoms with Gasteiger partial charge in [-0.3, -0.25) is 0 Å². The van der Waals surface area contributed by atoms with Crippen molar-refractivity contribution in [1.29, 1.82) is 0 Å². The van der Waals surface area contributed by atoms with Crippen molar-refractivity contribution in [2.45, 2.75) is 44.9 Å². The Balaban J connectivity index is 1.76. The summed E-state index contributed by atoms with van der Waals surface area (Å²) in [6.45, 7) is 4.61. The van der Waals surface area contributed by atoms with Gasteiger partial charge < -0.3 is 5.32 Å². The molecular weight excluding hydrogens is 194 g/mol. The SMILES string of the molecule is CCCCNCC[C@@H]1CCc2ccccc21. The fourth-order valence-electron chi connectivity index (χ4n) is 2.65. The molecule has 1 aliphatic carbocycles. The van der Waals surface area contributed by atoms with E-state index in [0.29, 0.717) is 0 Å². The van der Waals surface area contributed by atoms with Gasteiger partial charge in [0.25, 0.3) is 0 Å². The zero-order chi connectivity index (χ0) is 11.2. The van der Waals surface area contributed by atoms with Gasteiger partial charge in [0.2, 0.25) is 0 Å². The second kappa shape index (κ2) is 6.05. The fraction of sp³-hybridized carbons (Fsp3) is 0.600. The largest absolute Gasteiger partial charge is 0.317 e. The molecule has 0 spiro atoms. The maximum absolute atomic E-state index is 3.54. The zero-order valence-corrected chi connectivity index (χ0v) is 10.3. The Morgan fingerprint density at radius 3 is 3.00 bits per heavy atom. The molecule has 0 radical (unpaired) electrons. The third kappa shape index (κ3) is 2.85. The van der Waals surface area contributed by atoms with Crippen molar-refractivity contribution in [3.8, 4) is 0 Å². The van der Waals surface area contributed by atoms with Crippen molar-refractivity contribution < 1.29 is 0 Å². The van der Waals surface area contributed by atoms with E-state index in [1.54, 1.807) is 11.1 Å². The molecule has 1 atom stereocenters. The number of fused-ring (bicyclic) bond motifs is 1. The lowest BCUT2D eigenvalue weighted by Gasteiger charge is -2.11. The lowest BCUT2D eigenvalue weighted by Crippen LogP contribution is -2.18. The molecular formula is C15H23N. The predicted octanol–water partition coefficient (Wildman–Crippen LogP) is 3.50. The molecule has 0 unspecified atom stereocenters. The standard InChI is InChI=1S/C15H23N/c1-2-3-11-16-12-10-14-9-8-13-6-4-5-7-15(13)14/h4-7,14,16H,2-3,8-12H2,1H3/t14-/m0/s1. The van der Waals surface area contributed by atoms with Gasteiger partial charge in [-0.15, -0.1) is 0 Å². The minimum atomic E-state index is 0.810. The molecule has 1 nitrogen and oxygen atoms in total. The highest BCUT2D eigenvalue weighted by molar-refractivity contribution is 5.34. The van der Waals surface area contributed by atoms with Gasteiger partial charge in [-0.05, 0) is 55.8 Å². The van der Waals surface area contributed by atoms with Crippen molar-refractivity contribution in [1.82, 2.24) is 5.32 Å². The lowest BCUT2D eigenvalue weighted by atomic mass is 9.98. The monoisotopic (exact) mass is 217 g/mol. The zero-order valence-electron chi connectivity index (χ0n) is 10.3. The van der Waals surface area contributed by atoms with Gasteiger partial charge in [0.15, 0.2) is 0 Å². The molecule has 16 heavy (non-hydrogen) atoms. The van der Waals surface area contributed by atoms with Gasteiger partial charge in [-0.2, -0.15) is 0 Å². The molecule has 0 saturated heterocycles. The Hall–Kier alpha value is -0.820. The first-order valence-corrected chi connectivity index (χ1v) is 6.70. The van der Waals surface area contributed by atoms with Crippen molar-refractivity contribution in [3.63, 3.8) is 0 Å². The third-order valence-electron chi connectivity index (χ3n) is 3.63. The van der Waals surface area contributed by atoms with Gasteiger partial charge in [-0.25, -0.2) is 0 Å². The van der Waals surface area contributed by atoms with Gasteiger partial charge in [-0.1, -0.05) is 37.6 Å². The number of unbranched alkanes of at least 4 members (excludes halogenated alkanes) is 1. The summed E-state index contributed by atoms with van der Waals surface area (Å²) in [5.41, 5.74) is 3.20. The first-order valence-electron chi connectivity index (χ1n) is 6.70. The van der Waals surface area contributed by atoms with Crippen LogP contribution in [0.4, 0.5) is 0 Å². The number of aryl methyl sites for hydroxylation is 1. The van der Waals surface area contributed by atoms with Crippen LogP contribution in [0.15, 0.2) is 24.3 Å². The molecule has 0 amide bonds. The Morgan fingerprint density at radius 2 is 2.12 bits per heavy atom. The molecule has 0 fully saturated rings. The average Bonchev–Trinajstić information content (AvgIpc) is 2.73. The fourth-order valence-corrected chi connectivity index (χ4v) is 2.65. The topological polar surface area (TPSA) is 12.0 Å². The molecule has 1 N–H and O–H groups in total. The summed E-state index contributed by atoms with van der Waals surface area (Å²) in [4.78, 5) is 0. The van der Waals surface area contributed by atoms with E-state index >= 15 is 0 Å². The molecule has 2 rings (SSSR count). The van der Waals surface area contributed by atoms with Crippen LogP contribution >= 0.6 is 0 Å². The molecule has 88 valence electrons. The molecule has 1 heteroatoms. The van der Waals surface area contributed by atoms with E-state index in [0.717, 1.165) is 5.92 Å². The van der Waals surface area contributed by atoms with Crippen LogP contribution in [0.5, 0.6) is 0 Å². The third-order valence-corrected chi connectivity index (χ3v) is 3.63. The van der Waals surface area contributed by atoms with Crippen LogP contribution in [0.3, 0.4) is 0 Å². The van der Waals surface area contributed by atoms with Crippen molar-refractivity contribution >= 4 is 0 Å². The normalized spacial score (nSPS) is 18.7. The van der Waals surface area contributed by atoms with E-state index in [4.69, 9.17) is 0 Å². The Kier molecular flexibility index (Phi) is 4.41. The number of hydrogen-bond acceptors (Lipinski definition) is 1. The van der Waals surface area contributed by atoms with Gasteiger partial charge in [0, 0.05) is 0 Å². The van der Waals surface area contributed by atoms with E-state index < -0.39 is 0 Å². The molecule has 0 aromatic heterocycles. The van der Waals surface area contributed by atoms with E-state index in [1.807, 2.05) is 0 Å². The van der Waals surface area contributed by atoms with Crippen LogP contribution < -0.4 is 5.32 Å². The highest BCUT2D eigenvalue weighted by atomic mass is 14.8. The summed E-state index contributed by atoms with van der Waals surface area (Å²) in [6.07, 6.45) is 6.55. The van der Waals surface area contributed by atoms with Gasteiger partial charge in [0.1, 0.15) is 0 Å². The van der Waals surface area contributed by atoms with Gasteiger partial charge in [0.05, 0.1) is 0 Å². The molecule has 0 bridgehead atoms. The summed E-state index contributed by atoms with van der Waals surface area (Å²) < 4.78 is 0. The second-order valence-corrected chi connectivity index (χ2v) is 4.83. The number of benzene rings is 1. The summed E-state index contributed by atoms with van der Waals surface area (Å²) >= 11 is 0. The first-order chi connectivity index (χ1) is 7.92. The van der Waals surface area contributed by atoms with Crippen LogP contribution in [-0.2, 0) is 6.42 Å². The van der Waals surface area contributed by atoms with Crippen molar-refractivity contribution in [2.24, 2.45) is 0 Å². The molecule has 1 aromatic carbocycles. The number of rotatable bonds is 6. The van der Waals surface area contributed by atoms with E-state index in [-0.39, 0.29) is 0 Å². The van der Waals surface area contributed by atoms with Crippen LogP contribution in [0.2, 0.25) is 0 Å². The second-order valence-electron chi connectivity index (χ2n) is 4.83. The number of nitrogens with one attached hydrogen (secondary N) is 1. The molecule has 1 aliphatic rings. The van der Waals surface area contributed by atoms with E-state index in [2.05, 4.69) is 36.5 Å². The molecule has 0 aliphatic heterocycles. The minimum absolute atomic E-state index is 0.810. The molecule has 0 saturated carbocycles. The Labute approximate surface area is 99.3 Å². The van der Waals surface area contributed by atoms with Crippen LogP contribution in [0.1, 0.15) is 49.7 Å². The first kappa shape index (κ1) is 11.7. The van der Waals surface area contributed by atoms with Gasteiger partial charge >= 0.3 is 0 Å². The minimum Gasteiger partial charge on any atom is -0.317 e. The molecule has 1 aromatic rings. The summed E-state index contributed by atoms with van der Waals surface area (Å²) in [5.74, 6) is 0.810. The summed E-state index contributed by atoms with van der Waals surface area (Å²) in [6, 6.07) is 8.96. The van der Waals surface area contributed by atoms with Crippen LogP contribution in [0, 0.1) is 0 Å². The van der Waals surface area contributed by atoms with E-state index in [9.17, 15) is 0 Å². The Morgan fingerprint density at radius 1 is 1.25 bits per heavy atom. The maximum Gasteiger partial charge on any atom is -0.00431 e. The highest BCUT2D eigenvalue weighted by Gasteiger charge is 2.20.